The first-order valence-corrected chi connectivity index (χ1v) is 4.91. The highest BCUT2D eigenvalue weighted by Crippen LogP contribution is 2.13. The van der Waals surface area contributed by atoms with Crippen LogP contribution in [0.15, 0.2) is 24.3 Å². The van der Waals surface area contributed by atoms with Crippen molar-refractivity contribution in [3.05, 3.63) is 29.8 Å². The number of benzene rings is 1. The van der Waals surface area contributed by atoms with E-state index in [0.717, 1.165) is 5.56 Å². The molecule has 0 aliphatic carbocycles. The Hall–Kier alpha value is -1.10. The molecule has 0 fully saturated rings. The lowest BCUT2D eigenvalue weighted by molar-refractivity contribution is 0.188. The second-order valence-corrected chi connectivity index (χ2v) is 3.28. The number of hydrogen-bond acceptors (Lipinski definition) is 4. The van der Waals surface area contributed by atoms with E-state index < -0.39 is 0 Å². The van der Waals surface area contributed by atoms with Crippen molar-refractivity contribution >= 4 is 0 Å². The number of nitrogens with one attached hydrogen (secondary N) is 1. The van der Waals surface area contributed by atoms with Crippen LogP contribution in [0.25, 0.3) is 0 Å². The van der Waals surface area contributed by atoms with Crippen LogP contribution in [0.5, 0.6) is 5.75 Å². The van der Waals surface area contributed by atoms with Gasteiger partial charge in [-0.15, -0.1) is 0 Å². The Kier molecular flexibility index (Phi) is 5.10. The molecule has 0 amide bonds. The van der Waals surface area contributed by atoms with Crippen molar-refractivity contribution in [3.8, 4) is 5.75 Å². The maximum absolute atomic E-state index is 8.92. The Morgan fingerprint density at radius 3 is 2.80 bits per heavy atom. The molecule has 3 N–H and O–H groups in total. The quantitative estimate of drug-likeness (QED) is 0.626. The average Bonchev–Trinajstić information content (AvgIpc) is 2.31. The molecule has 0 saturated heterocycles. The van der Waals surface area contributed by atoms with Crippen molar-refractivity contribution in [2.24, 2.45) is 0 Å². The summed E-state index contributed by atoms with van der Waals surface area (Å²) in [6.07, 6.45) is 0. The van der Waals surface area contributed by atoms with E-state index in [4.69, 9.17) is 14.9 Å². The van der Waals surface area contributed by atoms with Crippen molar-refractivity contribution < 1.29 is 14.9 Å². The molecular formula is C11H17NO3. The van der Waals surface area contributed by atoms with Crippen LogP contribution in [-0.2, 0) is 6.61 Å². The van der Waals surface area contributed by atoms with E-state index >= 15 is 0 Å². The number of rotatable bonds is 6. The number of aliphatic hydroxyl groups excluding tert-OH is 2. The molecule has 1 rings (SSSR count). The largest absolute Gasteiger partial charge is 0.492 e. The fourth-order valence-electron chi connectivity index (χ4n) is 1.16. The third-order valence-corrected chi connectivity index (χ3v) is 2.16. The lowest BCUT2D eigenvalue weighted by atomic mass is 10.2. The lowest BCUT2D eigenvalue weighted by Gasteiger charge is -2.14. The molecule has 84 valence electrons. The maximum Gasteiger partial charge on any atom is 0.119 e. The zero-order valence-electron chi connectivity index (χ0n) is 8.81. The van der Waals surface area contributed by atoms with Crippen LogP contribution in [0.1, 0.15) is 5.56 Å². The first-order chi connectivity index (χ1) is 7.30. The molecule has 4 nitrogen and oxygen atoms in total. The molecule has 0 aliphatic rings. The molecule has 1 unspecified atom stereocenters. The summed E-state index contributed by atoms with van der Waals surface area (Å²) in [7, 11) is 1.77. The van der Waals surface area contributed by atoms with Crippen LogP contribution in [-0.4, -0.2) is 36.5 Å². The van der Waals surface area contributed by atoms with Crippen LogP contribution >= 0.6 is 0 Å². The number of likely N-dealkylation sites (N-methyl/N-ethyl adjacent to an activating group) is 1. The molecule has 4 heteroatoms. The fraction of sp³-hybridized carbons (Fsp3) is 0.455. The minimum Gasteiger partial charge on any atom is -0.492 e. The summed E-state index contributed by atoms with van der Waals surface area (Å²) in [4.78, 5) is 0. The minimum absolute atomic E-state index is 0.00660. The van der Waals surface area contributed by atoms with Crippen LogP contribution < -0.4 is 10.1 Å². The van der Waals surface area contributed by atoms with Gasteiger partial charge in [-0.3, -0.25) is 0 Å². The molecule has 0 heterocycles. The van der Waals surface area contributed by atoms with Crippen LogP contribution in [0, 0.1) is 0 Å². The summed E-state index contributed by atoms with van der Waals surface area (Å²) >= 11 is 0. The summed E-state index contributed by atoms with van der Waals surface area (Å²) < 4.78 is 5.46. The average molecular weight is 211 g/mol. The van der Waals surface area contributed by atoms with Gasteiger partial charge >= 0.3 is 0 Å². The molecule has 1 aromatic carbocycles. The Labute approximate surface area is 89.5 Å². The van der Waals surface area contributed by atoms with E-state index in [9.17, 15) is 0 Å². The molecule has 0 saturated carbocycles. The molecular weight excluding hydrogens is 194 g/mol. The summed E-state index contributed by atoms with van der Waals surface area (Å²) in [6, 6.07) is 7.19. The molecule has 15 heavy (non-hydrogen) atoms. The third-order valence-electron chi connectivity index (χ3n) is 2.16. The predicted octanol–water partition coefficient (Wildman–Crippen LogP) is 0.138. The summed E-state index contributed by atoms with van der Waals surface area (Å²) in [5.41, 5.74) is 0.817. The number of ether oxygens (including phenoxy) is 1. The molecule has 0 radical (unpaired) electrons. The Morgan fingerprint density at radius 1 is 1.40 bits per heavy atom. The van der Waals surface area contributed by atoms with Gasteiger partial charge in [-0.05, 0) is 24.7 Å². The number of aliphatic hydroxyl groups is 2. The van der Waals surface area contributed by atoms with E-state index in [1.54, 1.807) is 13.1 Å². The summed E-state index contributed by atoms with van der Waals surface area (Å²) in [5, 5.41) is 20.8. The Bertz CT molecular complexity index is 287. The maximum atomic E-state index is 8.92. The van der Waals surface area contributed by atoms with Gasteiger partial charge < -0.3 is 20.3 Å². The van der Waals surface area contributed by atoms with Gasteiger partial charge in [-0.25, -0.2) is 0 Å². The van der Waals surface area contributed by atoms with Gasteiger partial charge in [-0.1, -0.05) is 12.1 Å². The van der Waals surface area contributed by atoms with Gasteiger partial charge in [0.2, 0.25) is 0 Å². The summed E-state index contributed by atoms with van der Waals surface area (Å²) in [6.45, 7) is 0.449. The first kappa shape index (κ1) is 12.0. The zero-order valence-corrected chi connectivity index (χ0v) is 8.81. The van der Waals surface area contributed by atoms with Crippen LogP contribution in [0.3, 0.4) is 0 Å². The summed E-state index contributed by atoms with van der Waals surface area (Å²) in [5.74, 6) is 0.704. The molecule has 0 aromatic heterocycles. The second kappa shape index (κ2) is 6.40. The smallest absolute Gasteiger partial charge is 0.119 e. The topological polar surface area (TPSA) is 61.7 Å². The minimum atomic E-state index is -0.0669. The SMILES string of the molecule is CNC(CO)COc1cccc(CO)c1. The normalized spacial score (nSPS) is 12.5. The first-order valence-electron chi connectivity index (χ1n) is 4.91. The van der Waals surface area contributed by atoms with E-state index in [-0.39, 0.29) is 19.3 Å². The predicted molar refractivity (Wildman–Crippen MR) is 57.8 cm³/mol. The van der Waals surface area contributed by atoms with Gasteiger partial charge in [-0.2, -0.15) is 0 Å². The molecule has 0 spiro atoms. The molecule has 1 aromatic rings. The van der Waals surface area contributed by atoms with Crippen molar-refractivity contribution in [1.82, 2.24) is 5.32 Å². The fourth-order valence-corrected chi connectivity index (χ4v) is 1.16. The third kappa shape index (κ3) is 3.87. The van der Waals surface area contributed by atoms with Gasteiger partial charge in [0.05, 0.1) is 19.3 Å². The van der Waals surface area contributed by atoms with Crippen molar-refractivity contribution in [2.45, 2.75) is 12.6 Å². The highest BCUT2D eigenvalue weighted by molar-refractivity contribution is 5.27. The van der Waals surface area contributed by atoms with E-state index in [1.165, 1.54) is 0 Å². The van der Waals surface area contributed by atoms with Crippen LogP contribution in [0.2, 0.25) is 0 Å². The highest BCUT2D eigenvalue weighted by Gasteiger charge is 2.04. The molecule has 1 atom stereocenters. The van der Waals surface area contributed by atoms with E-state index in [2.05, 4.69) is 5.32 Å². The Balaban J connectivity index is 2.49. The van der Waals surface area contributed by atoms with Gasteiger partial charge in [0, 0.05) is 0 Å². The monoisotopic (exact) mass is 211 g/mol. The molecule has 0 aliphatic heterocycles. The van der Waals surface area contributed by atoms with Gasteiger partial charge in [0.15, 0.2) is 0 Å². The standard InChI is InChI=1S/C11H17NO3/c1-12-10(7-14)8-15-11-4-2-3-9(5-11)6-13/h2-5,10,12-14H,6-8H2,1H3. The van der Waals surface area contributed by atoms with Crippen molar-refractivity contribution in [3.63, 3.8) is 0 Å². The number of hydrogen-bond donors (Lipinski definition) is 3. The van der Waals surface area contributed by atoms with E-state index in [0.29, 0.717) is 12.4 Å². The molecule has 0 bridgehead atoms. The lowest BCUT2D eigenvalue weighted by Crippen LogP contribution is -2.34. The van der Waals surface area contributed by atoms with Gasteiger partial charge in [0.1, 0.15) is 12.4 Å². The zero-order chi connectivity index (χ0) is 11.1. The van der Waals surface area contributed by atoms with Crippen LogP contribution in [0.4, 0.5) is 0 Å². The second-order valence-electron chi connectivity index (χ2n) is 3.28. The Morgan fingerprint density at radius 2 is 2.20 bits per heavy atom. The van der Waals surface area contributed by atoms with Crippen molar-refractivity contribution in [1.29, 1.82) is 0 Å². The van der Waals surface area contributed by atoms with Gasteiger partial charge in [0.25, 0.3) is 0 Å². The highest BCUT2D eigenvalue weighted by atomic mass is 16.5. The van der Waals surface area contributed by atoms with E-state index in [1.807, 2.05) is 18.2 Å². The van der Waals surface area contributed by atoms with Crippen molar-refractivity contribution in [2.75, 3.05) is 20.3 Å².